The van der Waals surface area contributed by atoms with Crippen molar-refractivity contribution in [1.29, 1.82) is 0 Å². The molecule has 3 heterocycles. The molecule has 4 aromatic rings. The maximum atomic E-state index is 12.3. The van der Waals surface area contributed by atoms with Gasteiger partial charge in [0.1, 0.15) is 6.33 Å². The molecular formula is C17H15N7O2S. The lowest BCUT2D eigenvalue weighted by molar-refractivity contribution is -0.116. The average molecular weight is 381 g/mol. The van der Waals surface area contributed by atoms with E-state index in [9.17, 15) is 4.79 Å². The van der Waals surface area contributed by atoms with Gasteiger partial charge in [0.25, 0.3) is 0 Å². The zero-order valence-electron chi connectivity index (χ0n) is 14.4. The van der Waals surface area contributed by atoms with Gasteiger partial charge in [-0.15, -0.1) is 16.4 Å². The third kappa shape index (κ3) is 3.90. The molecule has 0 spiro atoms. The molecule has 0 bridgehead atoms. The van der Waals surface area contributed by atoms with Gasteiger partial charge >= 0.3 is 0 Å². The molecule has 9 nitrogen and oxygen atoms in total. The number of aromatic nitrogens is 6. The smallest absolute Gasteiger partial charge is 0.227 e. The molecule has 1 N–H and O–H groups in total. The van der Waals surface area contributed by atoms with Crippen LogP contribution in [0.5, 0.6) is 0 Å². The number of tetrazole rings is 1. The molecule has 1 aromatic carbocycles. The van der Waals surface area contributed by atoms with Crippen LogP contribution >= 0.6 is 11.3 Å². The third-order valence-corrected chi connectivity index (χ3v) is 4.75. The second kappa shape index (κ2) is 7.46. The molecule has 136 valence electrons. The normalized spacial score (nSPS) is 10.9. The van der Waals surface area contributed by atoms with Crippen molar-refractivity contribution in [2.45, 2.75) is 19.8 Å². The van der Waals surface area contributed by atoms with E-state index < -0.39 is 0 Å². The maximum Gasteiger partial charge on any atom is 0.227 e. The fourth-order valence-corrected chi connectivity index (χ4v) is 3.11. The lowest BCUT2D eigenvalue weighted by Crippen LogP contribution is -2.13. The summed E-state index contributed by atoms with van der Waals surface area (Å²) in [5.74, 6) is 0.848. The molecule has 1 amide bonds. The maximum absolute atomic E-state index is 12.3. The van der Waals surface area contributed by atoms with E-state index in [2.05, 4.69) is 31.0 Å². The van der Waals surface area contributed by atoms with Crippen molar-refractivity contribution < 1.29 is 9.32 Å². The Bertz CT molecular complexity index is 1040. The van der Waals surface area contributed by atoms with Crippen LogP contribution in [0.15, 0.2) is 46.6 Å². The van der Waals surface area contributed by atoms with Gasteiger partial charge < -0.3 is 9.84 Å². The first-order chi connectivity index (χ1) is 13.2. The Morgan fingerprint density at radius 3 is 3.04 bits per heavy atom. The summed E-state index contributed by atoms with van der Waals surface area (Å²) in [4.78, 5) is 17.6. The van der Waals surface area contributed by atoms with Crippen LogP contribution in [0, 0.1) is 6.92 Å². The summed E-state index contributed by atoms with van der Waals surface area (Å²) in [6, 6.07) is 9.46. The number of aryl methyl sites for hydroxylation is 2. The molecule has 0 aliphatic heterocycles. The minimum absolute atomic E-state index is 0.136. The highest BCUT2D eigenvalue weighted by atomic mass is 32.1. The van der Waals surface area contributed by atoms with Crippen LogP contribution in [0.2, 0.25) is 0 Å². The van der Waals surface area contributed by atoms with Gasteiger partial charge in [-0.2, -0.15) is 4.98 Å². The predicted molar refractivity (Wildman–Crippen MR) is 98.5 cm³/mol. The van der Waals surface area contributed by atoms with Crippen molar-refractivity contribution in [3.63, 3.8) is 0 Å². The number of hydrogen-bond donors (Lipinski definition) is 1. The molecular weight excluding hydrogens is 366 g/mol. The Kier molecular flexibility index (Phi) is 4.71. The minimum Gasteiger partial charge on any atom is -0.339 e. The molecule has 3 aromatic heterocycles. The van der Waals surface area contributed by atoms with E-state index in [4.69, 9.17) is 4.52 Å². The van der Waals surface area contributed by atoms with E-state index >= 15 is 0 Å². The predicted octanol–water partition coefficient (Wildman–Crippen LogP) is 2.65. The summed E-state index contributed by atoms with van der Waals surface area (Å²) in [6.45, 7) is 1.92. The van der Waals surface area contributed by atoms with Crippen molar-refractivity contribution in [3.05, 3.63) is 53.5 Å². The topological polar surface area (TPSA) is 112 Å². The van der Waals surface area contributed by atoms with E-state index in [1.54, 1.807) is 0 Å². The highest BCUT2D eigenvalue weighted by Gasteiger charge is 2.12. The van der Waals surface area contributed by atoms with Gasteiger partial charge in [0.2, 0.25) is 17.6 Å². The first-order valence-corrected chi connectivity index (χ1v) is 9.07. The first kappa shape index (κ1) is 17.0. The van der Waals surface area contributed by atoms with E-state index in [-0.39, 0.29) is 12.3 Å². The third-order valence-electron chi connectivity index (χ3n) is 3.88. The van der Waals surface area contributed by atoms with Gasteiger partial charge in [-0.25, -0.2) is 4.68 Å². The van der Waals surface area contributed by atoms with Gasteiger partial charge in [-0.05, 0) is 46.5 Å². The fourth-order valence-electron chi connectivity index (χ4n) is 2.46. The molecule has 0 unspecified atom stereocenters. The van der Waals surface area contributed by atoms with Crippen LogP contribution in [0.3, 0.4) is 0 Å². The van der Waals surface area contributed by atoms with E-state index in [1.807, 2.05) is 42.6 Å². The summed E-state index contributed by atoms with van der Waals surface area (Å²) < 4.78 is 6.75. The molecule has 0 saturated carbocycles. The van der Waals surface area contributed by atoms with Gasteiger partial charge in [0.15, 0.2) is 0 Å². The number of nitrogens with zero attached hydrogens (tertiary/aromatic N) is 6. The average Bonchev–Trinajstić information content (AvgIpc) is 3.42. The molecule has 0 aliphatic rings. The van der Waals surface area contributed by atoms with Crippen molar-refractivity contribution in [2.75, 3.05) is 5.32 Å². The number of carbonyl (C=O) groups is 1. The fraction of sp³-hybridized carbons (Fsp3) is 0.176. The quantitative estimate of drug-likeness (QED) is 0.546. The van der Waals surface area contributed by atoms with Crippen LogP contribution in [-0.2, 0) is 11.2 Å². The van der Waals surface area contributed by atoms with Crippen molar-refractivity contribution in [1.82, 2.24) is 30.3 Å². The van der Waals surface area contributed by atoms with Gasteiger partial charge in [0.05, 0.1) is 10.6 Å². The SMILES string of the molecule is Cc1ccc(-n2cnnn2)cc1NC(=O)CCc1nc(-c2cccs2)no1. The van der Waals surface area contributed by atoms with Crippen LogP contribution in [0.25, 0.3) is 16.4 Å². The molecule has 27 heavy (non-hydrogen) atoms. The first-order valence-electron chi connectivity index (χ1n) is 8.19. The summed E-state index contributed by atoms with van der Waals surface area (Å²) in [6.07, 6.45) is 2.10. The van der Waals surface area contributed by atoms with Crippen molar-refractivity contribution in [2.24, 2.45) is 0 Å². The highest BCUT2D eigenvalue weighted by molar-refractivity contribution is 7.13. The lowest BCUT2D eigenvalue weighted by atomic mass is 10.1. The summed E-state index contributed by atoms with van der Waals surface area (Å²) >= 11 is 1.54. The van der Waals surface area contributed by atoms with Crippen LogP contribution in [-0.4, -0.2) is 36.3 Å². The number of hydrogen-bond acceptors (Lipinski definition) is 8. The zero-order valence-corrected chi connectivity index (χ0v) is 15.2. The van der Waals surface area contributed by atoms with Crippen LogP contribution < -0.4 is 5.32 Å². The number of anilines is 1. The molecule has 4 rings (SSSR count). The number of carbonyl (C=O) groups excluding carboxylic acids is 1. The van der Waals surface area contributed by atoms with Crippen LogP contribution in [0.4, 0.5) is 5.69 Å². The van der Waals surface area contributed by atoms with Gasteiger partial charge in [-0.3, -0.25) is 4.79 Å². The Hall–Kier alpha value is -3.40. The number of rotatable bonds is 6. The Balaban J connectivity index is 1.39. The largest absolute Gasteiger partial charge is 0.339 e. The monoisotopic (exact) mass is 381 g/mol. The van der Waals surface area contributed by atoms with E-state index in [0.717, 1.165) is 16.1 Å². The number of benzene rings is 1. The molecule has 10 heteroatoms. The van der Waals surface area contributed by atoms with Crippen LogP contribution in [0.1, 0.15) is 17.9 Å². The Morgan fingerprint density at radius 2 is 2.26 bits per heavy atom. The zero-order chi connectivity index (χ0) is 18.6. The second-order valence-corrected chi connectivity index (χ2v) is 6.74. The number of thiophene rings is 1. The highest BCUT2D eigenvalue weighted by Crippen LogP contribution is 2.22. The Morgan fingerprint density at radius 1 is 1.33 bits per heavy atom. The minimum atomic E-state index is -0.136. The molecule has 0 radical (unpaired) electrons. The summed E-state index contributed by atoms with van der Waals surface area (Å²) in [5.41, 5.74) is 2.41. The summed E-state index contributed by atoms with van der Waals surface area (Å²) in [5, 5.41) is 19.9. The molecule has 0 atom stereocenters. The Labute approximate surface area is 158 Å². The number of amides is 1. The van der Waals surface area contributed by atoms with E-state index in [1.165, 1.54) is 22.3 Å². The lowest BCUT2D eigenvalue weighted by Gasteiger charge is -2.10. The van der Waals surface area contributed by atoms with E-state index in [0.29, 0.717) is 23.8 Å². The van der Waals surface area contributed by atoms with Gasteiger partial charge in [0, 0.05) is 18.5 Å². The number of nitrogens with one attached hydrogen (secondary N) is 1. The van der Waals surface area contributed by atoms with Gasteiger partial charge in [-0.1, -0.05) is 17.3 Å². The molecule has 0 fully saturated rings. The summed E-state index contributed by atoms with van der Waals surface area (Å²) in [7, 11) is 0. The van der Waals surface area contributed by atoms with Crippen molar-refractivity contribution in [3.8, 4) is 16.4 Å². The standard InChI is InChI=1S/C17H15N7O2S/c1-11-4-5-12(24-10-18-22-23-24)9-13(11)19-15(25)6-7-16-20-17(21-26-16)14-3-2-8-27-14/h2-5,8-10H,6-7H2,1H3,(H,19,25). The molecule has 0 aliphatic carbocycles. The molecule has 0 saturated heterocycles. The van der Waals surface area contributed by atoms with Crippen molar-refractivity contribution >= 4 is 22.9 Å². The second-order valence-electron chi connectivity index (χ2n) is 5.79.